The summed E-state index contributed by atoms with van der Waals surface area (Å²) in [5.41, 5.74) is 0.958. The van der Waals surface area contributed by atoms with Gasteiger partial charge in [-0.2, -0.15) is 0 Å². The van der Waals surface area contributed by atoms with Gasteiger partial charge in [0.2, 0.25) is 0 Å². The fraction of sp³-hybridized carbons (Fsp3) is 0.667. The Morgan fingerprint density at radius 1 is 1.47 bits per heavy atom. The number of aliphatic hydroxyl groups is 1. The van der Waals surface area contributed by atoms with Crippen molar-refractivity contribution in [3.63, 3.8) is 0 Å². The van der Waals surface area contributed by atoms with Crippen LogP contribution in [0.5, 0.6) is 0 Å². The normalized spacial score (nSPS) is 26.7. The highest BCUT2D eigenvalue weighted by atomic mass is 16.6. The number of unbranched alkanes of at least 4 members (excludes halogenated alkanes) is 1. The summed E-state index contributed by atoms with van der Waals surface area (Å²) >= 11 is 0. The van der Waals surface area contributed by atoms with Crippen molar-refractivity contribution in [2.24, 2.45) is 5.41 Å². The lowest BCUT2D eigenvalue weighted by Gasteiger charge is -2.49. The number of pyridine rings is 1. The molecule has 19 heavy (non-hydrogen) atoms. The van der Waals surface area contributed by atoms with Crippen LogP contribution in [0.4, 0.5) is 5.69 Å². The van der Waals surface area contributed by atoms with Gasteiger partial charge in [0.25, 0.3) is 0 Å². The summed E-state index contributed by atoms with van der Waals surface area (Å²) in [6.07, 6.45) is 5.49. The van der Waals surface area contributed by atoms with Gasteiger partial charge in [0.05, 0.1) is 0 Å². The fourth-order valence-electron chi connectivity index (χ4n) is 2.50. The molecule has 0 aromatic carbocycles. The average molecular weight is 264 g/mol. The maximum absolute atomic E-state index is 10.3. The molecule has 1 aromatic heterocycles. The number of nitrogens with one attached hydrogen (secondary N) is 1. The highest BCUT2D eigenvalue weighted by Crippen LogP contribution is 2.46. The predicted molar refractivity (Wildman–Crippen MR) is 75.6 cm³/mol. The number of hydrogen-bond donors (Lipinski definition) is 2. The van der Waals surface area contributed by atoms with Gasteiger partial charge in [-0.25, -0.2) is 0 Å². The SMILES string of the molecule is CCCCC1(C(C)(C)C)Nc2ccncc2C(O)O1. The average Bonchev–Trinajstić information content (AvgIpc) is 2.35. The first-order valence-corrected chi connectivity index (χ1v) is 6.97. The summed E-state index contributed by atoms with van der Waals surface area (Å²) in [6.45, 7) is 8.56. The fourth-order valence-corrected chi connectivity index (χ4v) is 2.50. The molecule has 2 unspecified atom stereocenters. The van der Waals surface area contributed by atoms with Crippen molar-refractivity contribution < 1.29 is 9.84 Å². The second kappa shape index (κ2) is 5.10. The Bertz CT molecular complexity index is 442. The Labute approximate surface area is 115 Å². The molecule has 1 aliphatic rings. The first kappa shape index (κ1) is 14.3. The van der Waals surface area contributed by atoms with Gasteiger partial charge in [-0.1, -0.05) is 34.1 Å². The van der Waals surface area contributed by atoms with E-state index in [1.807, 2.05) is 6.07 Å². The van der Waals surface area contributed by atoms with Crippen LogP contribution in [0.2, 0.25) is 0 Å². The molecular weight excluding hydrogens is 240 g/mol. The van der Waals surface area contributed by atoms with Gasteiger partial charge in [0.1, 0.15) is 5.72 Å². The van der Waals surface area contributed by atoms with Crippen LogP contribution in [-0.2, 0) is 4.74 Å². The summed E-state index contributed by atoms with van der Waals surface area (Å²) in [5.74, 6) is 0. The minimum Gasteiger partial charge on any atom is -0.364 e. The molecule has 2 heterocycles. The van der Waals surface area contributed by atoms with Gasteiger partial charge in [0, 0.05) is 29.1 Å². The molecule has 0 amide bonds. The van der Waals surface area contributed by atoms with E-state index in [1.54, 1.807) is 12.4 Å². The molecule has 0 radical (unpaired) electrons. The number of hydrogen-bond acceptors (Lipinski definition) is 4. The molecule has 2 rings (SSSR count). The summed E-state index contributed by atoms with van der Waals surface area (Å²) in [6, 6.07) is 1.90. The number of nitrogens with zero attached hydrogens (tertiary/aromatic N) is 1. The van der Waals surface area contributed by atoms with Gasteiger partial charge in [-0.3, -0.25) is 4.98 Å². The molecule has 0 bridgehead atoms. The van der Waals surface area contributed by atoms with Crippen molar-refractivity contribution in [1.82, 2.24) is 4.98 Å². The van der Waals surface area contributed by atoms with Crippen LogP contribution in [0, 0.1) is 5.41 Å². The van der Waals surface area contributed by atoms with E-state index in [9.17, 15) is 5.11 Å². The van der Waals surface area contributed by atoms with Crippen LogP contribution in [0.25, 0.3) is 0 Å². The standard InChI is InChI=1S/C15H24N2O2/c1-5-6-8-15(14(2,3)4)17-12-7-9-16-10-11(12)13(18)19-15/h7,9-10,13,17-18H,5-6,8H2,1-4H3. The maximum Gasteiger partial charge on any atom is 0.187 e. The highest BCUT2D eigenvalue weighted by molar-refractivity contribution is 5.53. The summed E-state index contributed by atoms with van der Waals surface area (Å²) in [4.78, 5) is 4.04. The maximum atomic E-state index is 10.3. The molecule has 0 saturated carbocycles. The second-order valence-corrected chi connectivity index (χ2v) is 6.24. The summed E-state index contributed by atoms with van der Waals surface area (Å²) < 4.78 is 5.97. The van der Waals surface area contributed by atoms with Crippen molar-refractivity contribution in [2.45, 2.75) is 59.0 Å². The minimum atomic E-state index is -0.916. The van der Waals surface area contributed by atoms with E-state index in [-0.39, 0.29) is 5.41 Å². The first-order chi connectivity index (χ1) is 8.89. The topological polar surface area (TPSA) is 54.4 Å². The van der Waals surface area contributed by atoms with E-state index >= 15 is 0 Å². The van der Waals surface area contributed by atoms with Crippen LogP contribution >= 0.6 is 0 Å². The first-order valence-electron chi connectivity index (χ1n) is 6.97. The molecule has 0 fully saturated rings. The van der Waals surface area contributed by atoms with Crippen LogP contribution in [0.1, 0.15) is 58.8 Å². The van der Waals surface area contributed by atoms with Gasteiger partial charge in [0.15, 0.2) is 6.29 Å². The monoisotopic (exact) mass is 264 g/mol. The molecular formula is C15H24N2O2. The highest BCUT2D eigenvalue weighted by Gasteiger charge is 2.47. The molecule has 2 atom stereocenters. The molecule has 1 aliphatic heterocycles. The number of rotatable bonds is 3. The quantitative estimate of drug-likeness (QED) is 0.878. The Morgan fingerprint density at radius 3 is 2.84 bits per heavy atom. The molecule has 0 saturated heterocycles. The van der Waals surface area contributed by atoms with Crippen molar-refractivity contribution >= 4 is 5.69 Å². The Morgan fingerprint density at radius 2 is 2.21 bits per heavy atom. The Hall–Kier alpha value is -1.13. The molecule has 4 nitrogen and oxygen atoms in total. The van der Waals surface area contributed by atoms with E-state index in [0.717, 1.165) is 24.9 Å². The van der Waals surface area contributed by atoms with Gasteiger partial charge < -0.3 is 15.2 Å². The van der Waals surface area contributed by atoms with Crippen molar-refractivity contribution in [2.75, 3.05) is 5.32 Å². The van der Waals surface area contributed by atoms with Crippen LogP contribution in [0.15, 0.2) is 18.5 Å². The molecule has 106 valence electrons. The van der Waals surface area contributed by atoms with Crippen LogP contribution in [-0.4, -0.2) is 15.8 Å². The predicted octanol–water partition coefficient (Wildman–Crippen LogP) is 3.45. The third-order valence-corrected chi connectivity index (χ3v) is 3.86. The number of aromatic nitrogens is 1. The van der Waals surface area contributed by atoms with E-state index in [4.69, 9.17) is 4.74 Å². The molecule has 2 N–H and O–H groups in total. The van der Waals surface area contributed by atoms with Crippen LogP contribution < -0.4 is 5.32 Å². The number of aliphatic hydroxyl groups excluding tert-OH is 1. The summed E-state index contributed by atoms with van der Waals surface area (Å²) in [7, 11) is 0. The Kier molecular flexibility index (Phi) is 3.83. The van der Waals surface area contributed by atoms with Crippen molar-refractivity contribution in [3.8, 4) is 0 Å². The Balaban J connectivity index is 2.37. The summed E-state index contributed by atoms with van der Waals surface area (Å²) in [5, 5.41) is 13.8. The third kappa shape index (κ3) is 2.60. The number of anilines is 1. The third-order valence-electron chi connectivity index (χ3n) is 3.86. The second-order valence-electron chi connectivity index (χ2n) is 6.24. The zero-order valence-electron chi connectivity index (χ0n) is 12.2. The largest absolute Gasteiger partial charge is 0.364 e. The van der Waals surface area contributed by atoms with E-state index in [0.29, 0.717) is 5.56 Å². The smallest absolute Gasteiger partial charge is 0.187 e. The molecule has 1 aromatic rings. The minimum absolute atomic E-state index is 0.121. The lowest BCUT2D eigenvalue weighted by molar-refractivity contribution is -0.223. The van der Waals surface area contributed by atoms with Gasteiger partial charge >= 0.3 is 0 Å². The van der Waals surface area contributed by atoms with Gasteiger partial charge in [-0.15, -0.1) is 0 Å². The number of ether oxygens (including phenoxy) is 1. The number of fused-ring (bicyclic) bond motifs is 1. The molecule has 0 spiro atoms. The lowest BCUT2D eigenvalue weighted by Crippen LogP contribution is -2.55. The lowest BCUT2D eigenvalue weighted by atomic mass is 9.78. The zero-order chi connectivity index (χ0) is 14.1. The van der Waals surface area contributed by atoms with Gasteiger partial charge in [-0.05, 0) is 18.9 Å². The van der Waals surface area contributed by atoms with E-state index < -0.39 is 12.0 Å². The molecule has 0 aliphatic carbocycles. The van der Waals surface area contributed by atoms with E-state index in [1.165, 1.54) is 0 Å². The van der Waals surface area contributed by atoms with Crippen molar-refractivity contribution in [3.05, 3.63) is 24.0 Å². The van der Waals surface area contributed by atoms with Crippen LogP contribution in [0.3, 0.4) is 0 Å². The van der Waals surface area contributed by atoms with Crippen molar-refractivity contribution in [1.29, 1.82) is 0 Å². The molecule has 4 heteroatoms. The zero-order valence-corrected chi connectivity index (χ0v) is 12.2. The van der Waals surface area contributed by atoms with E-state index in [2.05, 4.69) is 38.0 Å².